The number of imidazole rings is 1. The number of fused-ring (bicyclic) bond motifs is 1. The maximum atomic E-state index is 11.2. The molecule has 1 unspecified atom stereocenters. The fourth-order valence-corrected chi connectivity index (χ4v) is 2.40. The minimum atomic E-state index is -0.926. The molecule has 2 aromatic rings. The third-order valence-corrected chi connectivity index (χ3v) is 3.55. The molecule has 2 rings (SSSR count). The Morgan fingerprint density at radius 3 is 2.84 bits per heavy atom. The van der Waals surface area contributed by atoms with Crippen LogP contribution in [0.2, 0.25) is 0 Å². The molecule has 0 amide bonds. The number of aromatic carboxylic acids is 1. The van der Waals surface area contributed by atoms with Gasteiger partial charge in [0.15, 0.2) is 0 Å². The lowest BCUT2D eigenvalue weighted by molar-refractivity contribution is 0.0699. The van der Waals surface area contributed by atoms with Crippen LogP contribution in [0.1, 0.15) is 61.6 Å². The van der Waals surface area contributed by atoms with Gasteiger partial charge < -0.3 is 10.1 Å². The summed E-state index contributed by atoms with van der Waals surface area (Å²) >= 11 is 0. The molecule has 0 saturated heterocycles. The third kappa shape index (κ3) is 2.78. The molecular weight excluding hydrogens is 240 g/mol. The van der Waals surface area contributed by atoms with Crippen LogP contribution in [0.5, 0.6) is 0 Å². The van der Waals surface area contributed by atoms with Gasteiger partial charge in [-0.2, -0.15) is 0 Å². The van der Waals surface area contributed by atoms with E-state index in [1.807, 2.05) is 6.07 Å². The molecular formula is C15H20N2O2. The van der Waals surface area contributed by atoms with E-state index in [2.05, 4.69) is 23.8 Å². The molecule has 0 bridgehead atoms. The van der Waals surface area contributed by atoms with Crippen molar-refractivity contribution in [3.05, 3.63) is 29.6 Å². The van der Waals surface area contributed by atoms with E-state index in [4.69, 9.17) is 0 Å². The molecule has 4 heteroatoms. The number of hydrogen-bond donors (Lipinski definition) is 2. The Morgan fingerprint density at radius 2 is 2.21 bits per heavy atom. The number of H-pyrrole nitrogens is 1. The molecule has 19 heavy (non-hydrogen) atoms. The van der Waals surface area contributed by atoms with Crippen molar-refractivity contribution >= 4 is 17.0 Å². The average Bonchev–Trinajstić information content (AvgIpc) is 2.82. The van der Waals surface area contributed by atoms with Crippen molar-refractivity contribution in [2.75, 3.05) is 0 Å². The van der Waals surface area contributed by atoms with Crippen molar-refractivity contribution in [1.82, 2.24) is 9.97 Å². The molecule has 0 radical (unpaired) electrons. The third-order valence-electron chi connectivity index (χ3n) is 3.55. The second kappa shape index (κ2) is 5.87. The van der Waals surface area contributed by atoms with E-state index in [9.17, 15) is 9.90 Å². The largest absolute Gasteiger partial charge is 0.478 e. The van der Waals surface area contributed by atoms with Gasteiger partial charge in [0.05, 0.1) is 11.1 Å². The second-order valence-electron chi connectivity index (χ2n) is 4.88. The molecule has 0 aliphatic rings. The number of benzene rings is 1. The molecule has 1 atom stereocenters. The average molecular weight is 260 g/mol. The van der Waals surface area contributed by atoms with E-state index in [1.165, 1.54) is 6.42 Å². The zero-order valence-corrected chi connectivity index (χ0v) is 11.4. The smallest absolute Gasteiger partial charge is 0.337 e. The SMILES string of the molecule is CCCCC(CC)c1nc2c(C(=O)O)cccc2[nH]1. The van der Waals surface area contributed by atoms with Crippen molar-refractivity contribution < 1.29 is 9.90 Å². The van der Waals surface area contributed by atoms with Crippen LogP contribution in [0.15, 0.2) is 18.2 Å². The van der Waals surface area contributed by atoms with E-state index >= 15 is 0 Å². The molecule has 0 aliphatic carbocycles. The van der Waals surface area contributed by atoms with Gasteiger partial charge >= 0.3 is 5.97 Å². The number of para-hydroxylation sites is 1. The zero-order valence-electron chi connectivity index (χ0n) is 11.4. The quantitative estimate of drug-likeness (QED) is 0.826. The topological polar surface area (TPSA) is 66.0 Å². The van der Waals surface area contributed by atoms with Crippen molar-refractivity contribution in [1.29, 1.82) is 0 Å². The minimum Gasteiger partial charge on any atom is -0.478 e. The first kappa shape index (κ1) is 13.6. The zero-order chi connectivity index (χ0) is 13.8. The van der Waals surface area contributed by atoms with E-state index in [0.29, 0.717) is 11.4 Å². The minimum absolute atomic E-state index is 0.269. The molecule has 1 heterocycles. The number of nitrogens with one attached hydrogen (secondary N) is 1. The molecule has 0 spiro atoms. The second-order valence-corrected chi connectivity index (χ2v) is 4.88. The van der Waals surface area contributed by atoms with Crippen molar-refractivity contribution in [2.45, 2.75) is 45.4 Å². The maximum absolute atomic E-state index is 11.2. The van der Waals surface area contributed by atoms with E-state index < -0.39 is 5.97 Å². The number of aromatic amines is 1. The molecule has 1 aromatic heterocycles. The van der Waals surface area contributed by atoms with Crippen LogP contribution in [-0.4, -0.2) is 21.0 Å². The van der Waals surface area contributed by atoms with Gasteiger partial charge in [-0.3, -0.25) is 0 Å². The summed E-state index contributed by atoms with van der Waals surface area (Å²) in [6.45, 7) is 4.32. The number of aromatic nitrogens is 2. The molecule has 0 fully saturated rings. The Morgan fingerprint density at radius 1 is 1.42 bits per heavy atom. The summed E-state index contributed by atoms with van der Waals surface area (Å²) in [5, 5.41) is 9.18. The highest BCUT2D eigenvalue weighted by Crippen LogP contribution is 2.26. The number of carboxylic acids is 1. The number of nitrogens with zero attached hydrogens (tertiary/aromatic N) is 1. The lowest BCUT2D eigenvalue weighted by Gasteiger charge is -2.10. The first-order valence-electron chi connectivity index (χ1n) is 6.89. The summed E-state index contributed by atoms with van der Waals surface area (Å²) in [6.07, 6.45) is 4.44. The van der Waals surface area contributed by atoms with Crippen LogP contribution in [0.4, 0.5) is 0 Å². The summed E-state index contributed by atoms with van der Waals surface area (Å²) in [5.74, 6) is 0.374. The summed E-state index contributed by atoms with van der Waals surface area (Å²) < 4.78 is 0. The Bertz CT molecular complexity index is 575. The first-order chi connectivity index (χ1) is 9.17. The fraction of sp³-hybridized carbons (Fsp3) is 0.467. The van der Waals surface area contributed by atoms with Gasteiger partial charge in [0, 0.05) is 5.92 Å². The molecule has 0 aliphatic heterocycles. The maximum Gasteiger partial charge on any atom is 0.337 e. The van der Waals surface area contributed by atoms with E-state index in [-0.39, 0.29) is 5.56 Å². The standard InChI is InChI=1S/C15H20N2O2/c1-3-5-7-10(4-2)14-16-12-9-6-8-11(15(18)19)13(12)17-14/h6,8-10H,3-5,7H2,1-2H3,(H,16,17)(H,18,19). The monoisotopic (exact) mass is 260 g/mol. The molecule has 4 nitrogen and oxygen atoms in total. The van der Waals surface area contributed by atoms with Crippen molar-refractivity contribution in [3.8, 4) is 0 Å². The van der Waals surface area contributed by atoms with Crippen LogP contribution in [0, 0.1) is 0 Å². The summed E-state index contributed by atoms with van der Waals surface area (Å²) in [5.41, 5.74) is 1.65. The lowest BCUT2D eigenvalue weighted by Crippen LogP contribution is -2.00. The molecule has 102 valence electrons. The number of unbranched alkanes of at least 4 members (excludes halogenated alkanes) is 1. The highest BCUT2D eigenvalue weighted by atomic mass is 16.4. The number of carboxylic acid groups (broad SMARTS) is 1. The Labute approximate surface area is 112 Å². The predicted octanol–water partition coefficient (Wildman–Crippen LogP) is 3.94. The Hall–Kier alpha value is -1.84. The van der Waals surface area contributed by atoms with Crippen LogP contribution in [0.3, 0.4) is 0 Å². The predicted molar refractivity (Wildman–Crippen MR) is 75.6 cm³/mol. The molecule has 1 aromatic carbocycles. The number of carbonyl (C=O) groups is 1. The van der Waals surface area contributed by atoms with Crippen LogP contribution >= 0.6 is 0 Å². The highest BCUT2D eigenvalue weighted by Gasteiger charge is 2.17. The van der Waals surface area contributed by atoms with Crippen LogP contribution in [0.25, 0.3) is 11.0 Å². The van der Waals surface area contributed by atoms with Crippen molar-refractivity contribution in [3.63, 3.8) is 0 Å². The van der Waals surface area contributed by atoms with Crippen molar-refractivity contribution in [2.24, 2.45) is 0 Å². The first-order valence-corrected chi connectivity index (χ1v) is 6.89. The van der Waals surface area contributed by atoms with Gasteiger partial charge in [0.1, 0.15) is 11.3 Å². The van der Waals surface area contributed by atoms with E-state index in [0.717, 1.165) is 30.6 Å². The van der Waals surface area contributed by atoms with Gasteiger partial charge in [0.2, 0.25) is 0 Å². The Balaban J connectivity index is 2.40. The van der Waals surface area contributed by atoms with Crippen LogP contribution in [-0.2, 0) is 0 Å². The normalized spacial score (nSPS) is 12.7. The lowest BCUT2D eigenvalue weighted by atomic mass is 9.99. The van der Waals surface area contributed by atoms with Crippen LogP contribution < -0.4 is 0 Å². The molecule has 0 saturated carbocycles. The molecule has 2 N–H and O–H groups in total. The van der Waals surface area contributed by atoms with Gasteiger partial charge in [-0.05, 0) is 25.0 Å². The summed E-state index contributed by atoms with van der Waals surface area (Å²) in [7, 11) is 0. The van der Waals surface area contributed by atoms with E-state index in [1.54, 1.807) is 12.1 Å². The summed E-state index contributed by atoms with van der Waals surface area (Å²) in [6, 6.07) is 5.23. The van der Waals surface area contributed by atoms with Gasteiger partial charge in [-0.25, -0.2) is 9.78 Å². The number of hydrogen-bond acceptors (Lipinski definition) is 2. The highest BCUT2D eigenvalue weighted by molar-refractivity contribution is 6.00. The van der Waals surface area contributed by atoms with Gasteiger partial charge in [-0.15, -0.1) is 0 Å². The van der Waals surface area contributed by atoms with Gasteiger partial charge in [-0.1, -0.05) is 32.8 Å². The van der Waals surface area contributed by atoms with Gasteiger partial charge in [0.25, 0.3) is 0 Å². The fourth-order valence-electron chi connectivity index (χ4n) is 2.40. The Kier molecular flexibility index (Phi) is 4.20. The summed E-state index contributed by atoms with van der Waals surface area (Å²) in [4.78, 5) is 19.0. The number of rotatable bonds is 6.